The van der Waals surface area contributed by atoms with Crippen LogP contribution < -0.4 is 5.32 Å². The predicted molar refractivity (Wildman–Crippen MR) is 124 cm³/mol. The summed E-state index contributed by atoms with van der Waals surface area (Å²) in [6.07, 6.45) is 3.10. The van der Waals surface area contributed by atoms with Gasteiger partial charge in [0.25, 0.3) is 5.69 Å². The highest BCUT2D eigenvalue weighted by molar-refractivity contribution is 7.99. The van der Waals surface area contributed by atoms with Crippen LogP contribution in [0.1, 0.15) is 16.1 Å². The molecule has 0 radical (unpaired) electrons. The van der Waals surface area contributed by atoms with E-state index in [4.69, 9.17) is 4.42 Å². The molecule has 5 rings (SSSR count). The summed E-state index contributed by atoms with van der Waals surface area (Å²) in [4.78, 5) is 25.3. The van der Waals surface area contributed by atoms with Crippen LogP contribution in [0.3, 0.4) is 0 Å². The number of hydrogen-bond donors (Lipinski definition) is 1. The lowest BCUT2D eigenvalue weighted by molar-refractivity contribution is -0.384. The van der Waals surface area contributed by atoms with Crippen molar-refractivity contribution in [2.24, 2.45) is 0 Å². The van der Waals surface area contributed by atoms with Gasteiger partial charge in [-0.25, -0.2) is 0 Å². The van der Waals surface area contributed by atoms with Gasteiger partial charge in [0.05, 0.1) is 16.3 Å². The molecule has 1 aliphatic heterocycles. The molecular formula is C25H16N2O4S. The fraction of sp³-hybridized carbons (Fsp3) is 0. The van der Waals surface area contributed by atoms with E-state index in [2.05, 4.69) is 11.4 Å². The molecule has 6 nitrogen and oxygen atoms in total. The minimum atomic E-state index is -0.445. The largest absolute Gasteiger partial charge is 0.457 e. The van der Waals surface area contributed by atoms with Gasteiger partial charge in [0.2, 0.25) is 0 Å². The zero-order valence-electron chi connectivity index (χ0n) is 16.6. The maximum absolute atomic E-state index is 12.7. The number of ketones is 1. The van der Waals surface area contributed by atoms with Crippen molar-refractivity contribution in [3.05, 3.63) is 106 Å². The van der Waals surface area contributed by atoms with Crippen LogP contribution in [0, 0.1) is 10.1 Å². The van der Waals surface area contributed by atoms with Crippen LogP contribution in [0.25, 0.3) is 17.4 Å². The molecule has 0 atom stereocenters. The molecule has 32 heavy (non-hydrogen) atoms. The smallest absolute Gasteiger partial charge is 0.269 e. The second-order valence-electron chi connectivity index (χ2n) is 7.14. The van der Waals surface area contributed by atoms with Crippen LogP contribution in [0.2, 0.25) is 0 Å². The first-order chi connectivity index (χ1) is 15.6. The zero-order chi connectivity index (χ0) is 22.1. The van der Waals surface area contributed by atoms with Crippen molar-refractivity contribution in [1.29, 1.82) is 0 Å². The number of fused-ring (bicyclic) bond motifs is 2. The van der Waals surface area contributed by atoms with Gasteiger partial charge in [-0.05, 0) is 66.7 Å². The van der Waals surface area contributed by atoms with Gasteiger partial charge in [-0.3, -0.25) is 14.9 Å². The Kier molecular flexibility index (Phi) is 5.09. The zero-order valence-corrected chi connectivity index (χ0v) is 17.5. The summed E-state index contributed by atoms with van der Waals surface area (Å²) in [6, 6.07) is 23.3. The Morgan fingerprint density at radius 3 is 2.53 bits per heavy atom. The molecule has 4 aromatic rings. The number of carbonyl (C=O) groups excluding carboxylic acids is 1. The number of anilines is 2. The van der Waals surface area contributed by atoms with Crippen molar-refractivity contribution in [2.45, 2.75) is 9.79 Å². The molecule has 3 aromatic carbocycles. The fourth-order valence-corrected chi connectivity index (χ4v) is 4.36. The number of rotatable bonds is 5. The highest BCUT2D eigenvalue weighted by Gasteiger charge is 2.16. The van der Waals surface area contributed by atoms with Crippen molar-refractivity contribution in [3.63, 3.8) is 0 Å². The third-order valence-electron chi connectivity index (χ3n) is 5.03. The van der Waals surface area contributed by atoms with Gasteiger partial charge in [-0.1, -0.05) is 23.9 Å². The molecule has 7 heteroatoms. The lowest BCUT2D eigenvalue weighted by Gasteiger charge is -2.20. The molecule has 0 saturated carbocycles. The van der Waals surface area contributed by atoms with Crippen LogP contribution in [-0.4, -0.2) is 10.7 Å². The molecule has 2 heterocycles. The van der Waals surface area contributed by atoms with E-state index in [9.17, 15) is 14.9 Å². The molecule has 0 amide bonds. The van der Waals surface area contributed by atoms with E-state index in [1.807, 2.05) is 36.4 Å². The lowest BCUT2D eigenvalue weighted by atomic mass is 10.1. The average molecular weight is 440 g/mol. The molecule has 0 unspecified atom stereocenters. The first-order valence-corrected chi connectivity index (χ1v) is 10.6. The topological polar surface area (TPSA) is 85.4 Å². The molecule has 1 N–H and O–H groups in total. The number of nitro benzene ring substituents is 1. The predicted octanol–water partition coefficient (Wildman–Crippen LogP) is 6.96. The minimum absolute atomic E-state index is 0.0208. The van der Waals surface area contributed by atoms with E-state index in [1.165, 1.54) is 18.2 Å². The summed E-state index contributed by atoms with van der Waals surface area (Å²) in [5.74, 6) is 0.958. The molecule has 1 aromatic heterocycles. The Hall–Kier alpha value is -4.10. The van der Waals surface area contributed by atoms with E-state index in [0.29, 0.717) is 17.1 Å². The number of nitrogens with one attached hydrogen (secondary N) is 1. The average Bonchev–Trinajstić information content (AvgIpc) is 3.30. The Morgan fingerprint density at radius 2 is 1.72 bits per heavy atom. The maximum atomic E-state index is 12.7. The van der Waals surface area contributed by atoms with Crippen molar-refractivity contribution < 1.29 is 14.1 Å². The molecule has 0 bridgehead atoms. The Labute approximate surface area is 187 Å². The molecular weight excluding hydrogens is 424 g/mol. The number of benzene rings is 3. The number of allylic oxidation sites excluding steroid dienone is 1. The van der Waals surface area contributed by atoms with Crippen LogP contribution >= 0.6 is 11.8 Å². The Balaban J connectivity index is 1.31. The number of para-hydroxylation sites is 1. The summed E-state index contributed by atoms with van der Waals surface area (Å²) in [7, 11) is 0. The van der Waals surface area contributed by atoms with Gasteiger partial charge in [0, 0.05) is 33.1 Å². The SMILES string of the molecule is O=C(/C=C/c1ccc(-c2ccc([N+](=O)[O-])cc2)o1)c1ccc2c(c1)Nc1ccccc1S2. The van der Waals surface area contributed by atoms with Crippen molar-refractivity contribution in [2.75, 3.05) is 5.32 Å². The van der Waals surface area contributed by atoms with E-state index >= 15 is 0 Å². The van der Waals surface area contributed by atoms with Gasteiger partial charge < -0.3 is 9.73 Å². The van der Waals surface area contributed by atoms with E-state index in [0.717, 1.165) is 26.7 Å². The van der Waals surface area contributed by atoms with Crippen LogP contribution in [-0.2, 0) is 0 Å². The molecule has 0 saturated heterocycles. The van der Waals surface area contributed by atoms with E-state index < -0.39 is 4.92 Å². The summed E-state index contributed by atoms with van der Waals surface area (Å²) >= 11 is 1.67. The van der Waals surface area contributed by atoms with Crippen molar-refractivity contribution in [3.8, 4) is 11.3 Å². The first kappa shape index (κ1) is 19.8. The minimum Gasteiger partial charge on any atom is -0.457 e. The standard InChI is InChI=1S/C25H16N2O4S/c28-22(17-7-14-25-21(15-17)26-20-3-1-2-4-24(20)32-25)12-10-19-11-13-23(31-19)16-5-8-18(9-6-16)27(29)30/h1-15,26H/b12-10+. The van der Waals surface area contributed by atoms with Crippen LogP contribution in [0.4, 0.5) is 17.1 Å². The van der Waals surface area contributed by atoms with Crippen LogP contribution in [0.15, 0.2) is 99.1 Å². The van der Waals surface area contributed by atoms with Gasteiger partial charge >= 0.3 is 0 Å². The molecule has 156 valence electrons. The monoisotopic (exact) mass is 440 g/mol. The van der Waals surface area contributed by atoms with E-state index in [1.54, 1.807) is 42.1 Å². The maximum Gasteiger partial charge on any atom is 0.269 e. The summed E-state index contributed by atoms with van der Waals surface area (Å²) in [5.41, 5.74) is 3.26. The normalized spacial score (nSPS) is 12.1. The third-order valence-corrected chi connectivity index (χ3v) is 6.18. The summed E-state index contributed by atoms with van der Waals surface area (Å²) < 4.78 is 5.76. The highest BCUT2D eigenvalue weighted by atomic mass is 32.2. The van der Waals surface area contributed by atoms with Crippen molar-refractivity contribution in [1.82, 2.24) is 0 Å². The van der Waals surface area contributed by atoms with Gasteiger partial charge in [0.15, 0.2) is 5.78 Å². The number of nitro groups is 1. The second-order valence-corrected chi connectivity index (χ2v) is 8.22. The highest BCUT2D eigenvalue weighted by Crippen LogP contribution is 2.44. The number of carbonyl (C=O) groups is 1. The molecule has 0 spiro atoms. The molecule has 0 aliphatic carbocycles. The van der Waals surface area contributed by atoms with E-state index in [-0.39, 0.29) is 11.5 Å². The summed E-state index contributed by atoms with van der Waals surface area (Å²) in [6.45, 7) is 0. The number of hydrogen-bond acceptors (Lipinski definition) is 6. The van der Waals surface area contributed by atoms with Crippen molar-refractivity contribution >= 4 is 40.7 Å². The Morgan fingerprint density at radius 1 is 0.938 bits per heavy atom. The third kappa shape index (κ3) is 3.93. The number of non-ortho nitro benzene ring substituents is 1. The quantitative estimate of drug-likeness (QED) is 0.138. The lowest BCUT2D eigenvalue weighted by Crippen LogP contribution is -2.02. The number of furan rings is 1. The number of nitrogens with zero attached hydrogens (tertiary/aromatic N) is 1. The van der Waals surface area contributed by atoms with Gasteiger partial charge in [-0.15, -0.1) is 0 Å². The molecule has 0 fully saturated rings. The fourth-order valence-electron chi connectivity index (χ4n) is 3.39. The first-order valence-electron chi connectivity index (χ1n) is 9.82. The summed E-state index contributed by atoms with van der Waals surface area (Å²) in [5, 5.41) is 14.2. The second kappa shape index (κ2) is 8.20. The Bertz CT molecular complexity index is 1370. The van der Waals surface area contributed by atoms with Crippen LogP contribution in [0.5, 0.6) is 0 Å². The van der Waals surface area contributed by atoms with Gasteiger partial charge in [0.1, 0.15) is 11.5 Å². The van der Waals surface area contributed by atoms with Gasteiger partial charge in [-0.2, -0.15) is 0 Å². The molecule has 1 aliphatic rings.